The average molecular weight is 250 g/mol. The summed E-state index contributed by atoms with van der Waals surface area (Å²) in [6.07, 6.45) is 1.64. The van der Waals surface area contributed by atoms with Gasteiger partial charge in [0.25, 0.3) is 0 Å². The van der Waals surface area contributed by atoms with Crippen LogP contribution >= 0.6 is 0 Å². The summed E-state index contributed by atoms with van der Waals surface area (Å²) in [5.74, 6) is -1.67. The van der Waals surface area contributed by atoms with Crippen LogP contribution in [-0.2, 0) is 15.3 Å². The van der Waals surface area contributed by atoms with Crippen molar-refractivity contribution >= 4 is 5.97 Å². The van der Waals surface area contributed by atoms with Crippen LogP contribution in [0.25, 0.3) is 0 Å². The molecule has 0 atom stereocenters. The summed E-state index contributed by atoms with van der Waals surface area (Å²) in [6, 6.07) is 5.36. The normalized spacial score (nSPS) is 17.9. The molecule has 0 aliphatic carbocycles. The van der Waals surface area contributed by atoms with Crippen LogP contribution < -0.4 is 0 Å². The zero-order valence-electron chi connectivity index (χ0n) is 10.7. The number of benzene rings is 1. The third kappa shape index (κ3) is 2.26. The highest BCUT2D eigenvalue weighted by atomic mass is 16.7. The summed E-state index contributed by atoms with van der Waals surface area (Å²) in [5, 5.41) is 9.17. The van der Waals surface area contributed by atoms with Crippen LogP contribution in [0.15, 0.2) is 18.2 Å². The third-order valence-electron chi connectivity index (χ3n) is 3.24. The van der Waals surface area contributed by atoms with Gasteiger partial charge in [0.1, 0.15) is 0 Å². The number of carbonyl (C=O) groups is 1. The van der Waals surface area contributed by atoms with Crippen LogP contribution in [0.3, 0.4) is 0 Å². The van der Waals surface area contributed by atoms with Crippen LogP contribution in [0, 0.1) is 6.92 Å². The number of ether oxygens (including phenoxy) is 2. The van der Waals surface area contributed by atoms with Crippen molar-refractivity contribution < 1.29 is 19.4 Å². The molecule has 0 spiro atoms. The molecule has 1 aliphatic heterocycles. The fourth-order valence-corrected chi connectivity index (χ4v) is 2.33. The third-order valence-corrected chi connectivity index (χ3v) is 3.24. The monoisotopic (exact) mass is 250 g/mol. The quantitative estimate of drug-likeness (QED) is 0.892. The summed E-state index contributed by atoms with van der Waals surface area (Å²) in [6.45, 7) is 4.95. The first-order valence-corrected chi connectivity index (χ1v) is 6.21. The van der Waals surface area contributed by atoms with Gasteiger partial charge in [-0.15, -0.1) is 0 Å². The predicted octanol–water partition coefficient (Wildman–Crippen LogP) is 2.69. The fourth-order valence-electron chi connectivity index (χ4n) is 2.33. The molecule has 1 aliphatic rings. The number of aryl methyl sites for hydroxylation is 1. The lowest BCUT2D eigenvalue weighted by Gasteiger charge is -2.28. The highest BCUT2D eigenvalue weighted by molar-refractivity contribution is 5.89. The highest BCUT2D eigenvalue weighted by Gasteiger charge is 2.38. The molecule has 4 nitrogen and oxygen atoms in total. The van der Waals surface area contributed by atoms with Crippen LogP contribution in [0.1, 0.15) is 41.3 Å². The van der Waals surface area contributed by atoms with Gasteiger partial charge in [-0.2, -0.15) is 0 Å². The first-order chi connectivity index (χ1) is 8.59. The maximum atomic E-state index is 11.2. The lowest BCUT2D eigenvalue weighted by atomic mass is 9.96. The Morgan fingerprint density at radius 1 is 1.39 bits per heavy atom. The van der Waals surface area contributed by atoms with E-state index in [9.17, 15) is 4.79 Å². The Labute approximate surface area is 107 Å². The van der Waals surface area contributed by atoms with Crippen molar-refractivity contribution in [3.8, 4) is 0 Å². The van der Waals surface area contributed by atoms with Crippen molar-refractivity contribution in [2.75, 3.05) is 13.2 Å². The van der Waals surface area contributed by atoms with Crippen molar-refractivity contribution in [1.29, 1.82) is 0 Å². The smallest absolute Gasteiger partial charge is 0.335 e. The van der Waals surface area contributed by atoms with Crippen molar-refractivity contribution in [2.45, 2.75) is 32.5 Å². The van der Waals surface area contributed by atoms with Gasteiger partial charge in [0.05, 0.1) is 18.8 Å². The van der Waals surface area contributed by atoms with E-state index in [1.165, 1.54) is 0 Å². The van der Waals surface area contributed by atoms with E-state index in [0.29, 0.717) is 18.8 Å². The van der Waals surface area contributed by atoms with Crippen LogP contribution in [0.2, 0.25) is 0 Å². The second-order valence-electron chi connectivity index (χ2n) is 4.53. The lowest BCUT2D eigenvalue weighted by Crippen LogP contribution is -2.27. The zero-order valence-corrected chi connectivity index (χ0v) is 10.7. The molecule has 18 heavy (non-hydrogen) atoms. The summed E-state index contributed by atoms with van der Waals surface area (Å²) in [5.41, 5.74) is 1.85. The molecule has 0 aromatic heterocycles. The Balaban J connectivity index is 2.42. The number of aromatic carboxylic acids is 1. The van der Waals surface area contributed by atoms with Gasteiger partial charge >= 0.3 is 5.97 Å². The van der Waals surface area contributed by atoms with E-state index in [4.69, 9.17) is 14.6 Å². The first kappa shape index (κ1) is 13.1. The SMILES string of the molecule is CCCC1(c2ccc(C)c(C(=O)O)c2)OCCO1. The first-order valence-electron chi connectivity index (χ1n) is 6.21. The minimum absolute atomic E-state index is 0.307. The minimum atomic E-state index is -0.918. The predicted molar refractivity (Wildman–Crippen MR) is 66.6 cm³/mol. The van der Waals surface area contributed by atoms with E-state index in [1.807, 2.05) is 6.07 Å². The molecule has 0 bridgehead atoms. The largest absolute Gasteiger partial charge is 0.478 e. The standard InChI is InChI=1S/C14H18O4/c1-3-6-14(17-7-8-18-14)11-5-4-10(2)12(9-11)13(15)16/h4-5,9H,3,6-8H2,1-2H3,(H,15,16). The van der Waals surface area contributed by atoms with Crippen LogP contribution in [0.5, 0.6) is 0 Å². The highest BCUT2D eigenvalue weighted by Crippen LogP contribution is 2.36. The van der Waals surface area contributed by atoms with Gasteiger partial charge in [-0.3, -0.25) is 0 Å². The summed E-state index contributed by atoms with van der Waals surface area (Å²) < 4.78 is 11.5. The van der Waals surface area contributed by atoms with Crippen molar-refractivity contribution in [2.24, 2.45) is 0 Å². The van der Waals surface area contributed by atoms with E-state index in [-0.39, 0.29) is 0 Å². The molecule has 0 radical (unpaired) electrons. The van der Waals surface area contributed by atoms with E-state index >= 15 is 0 Å². The molecule has 1 heterocycles. The lowest BCUT2D eigenvalue weighted by molar-refractivity contribution is -0.171. The maximum Gasteiger partial charge on any atom is 0.335 e. The van der Waals surface area contributed by atoms with Crippen LogP contribution in [-0.4, -0.2) is 24.3 Å². The van der Waals surface area contributed by atoms with E-state index in [0.717, 1.165) is 24.0 Å². The van der Waals surface area contributed by atoms with Crippen molar-refractivity contribution in [3.63, 3.8) is 0 Å². The van der Waals surface area contributed by atoms with Crippen molar-refractivity contribution in [1.82, 2.24) is 0 Å². The zero-order chi connectivity index (χ0) is 13.2. The summed E-state index contributed by atoms with van der Waals surface area (Å²) in [4.78, 5) is 11.2. The van der Waals surface area contributed by atoms with E-state index < -0.39 is 11.8 Å². The molecule has 1 saturated heterocycles. The second-order valence-corrected chi connectivity index (χ2v) is 4.53. The molecule has 1 fully saturated rings. The molecule has 2 rings (SSSR count). The van der Waals surface area contributed by atoms with Gasteiger partial charge < -0.3 is 14.6 Å². The number of carboxylic acids is 1. The Morgan fingerprint density at radius 2 is 2.06 bits per heavy atom. The molecule has 1 N–H and O–H groups in total. The van der Waals surface area contributed by atoms with Gasteiger partial charge in [-0.25, -0.2) is 4.79 Å². The van der Waals surface area contributed by atoms with Gasteiger partial charge in [-0.05, 0) is 18.6 Å². The number of rotatable bonds is 4. The maximum absolute atomic E-state index is 11.2. The molecular formula is C14H18O4. The summed E-state index contributed by atoms with van der Waals surface area (Å²) >= 11 is 0. The van der Waals surface area contributed by atoms with E-state index in [1.54, 1.807) is 19.1 Å². The topological polar surface area (TPSA) is 55.8 Å². The van der Waals surface area contributed by atoms with Gasteiger partial charge in [0.15, 0.2) is 5.79 Å². The molecule has 4 heteroatoms. The molecular weight excluding hydrogens is 232 g/mol. The number of carboxylic acid groups (broad SMARTS) is 1. The summed E-state index contributed by atoms with van der Waals surface area (Å²) in [7, 11) is 0. The Kier molecular flexibility index (Phi) is 3.68. The van der Waals surface area contributed by atoms with Crippen molar-refractivity contribution in [3.05, 3.63) is 34.9 Å². The number of hydrogen-bond donors (Lipinski definition) is 1. The van der Waals surface area contributed by atoms with Crippen LogP contribution in [0.4, 0.5) is 0 Å². The van der Waals surface area contributed by atoms with Gasteiger partial charge in [0.2, 0.25) is 0 Å². The average Bonchev–Trinajstić information content (AvgIpc) is 2.79. The minimum Gasteiger partial charge on any atom is -0.478 e. The molecule has 0 amide bonds. The fraction of sp³-hybridized carbons (Fsp3) is 0.500. The molecule has 0 unspecified atom stereocenters. The molecule has 0 saturated carbocycles. The molecule has 1 aromatic carbocycles. The molecule has 98 valence electrons. The Morgan fingerprint density at radius 3 is 2.61 bits per heavy atom. The Hall–Kier alpha value is -1.39. The number of hydrogen-bond acceptors (Lipinski definition) is 3. The van der Waals surface area contributed by atoms with Gasteiger partial charge in [-0.1, -0.05) is 25.5 Å². The van der Waals surface area contributed by atoms with E-state index in [2.05, 4.69) is 6.92 Å². The second kappa shape index (κ2) is 5.08. The Bertz CT molecular complexity index is 447. The van der Waals surface area contributed by atoms with Gasteiger partial charge in [0, 0.05) is 12.0 Å². The molecule has 1 aromatic rings.